The van der Waals surface area contributed by atoms with Crippen molar-refractivity contribution in [2.45, 2.75) is 24.8 Å². The van der Waals surface area contributed by atoms with Crippen LogP contribution in [0.5, 0.6) is 5.75 Å². The van der Waals surface area contributed by atoms with E-state index in [9.17, 15) is 18.0 Å². The van der Waals surface area contributed by atoms with Gasteiger partial charge in [-0.3, -0.25) is 9.59 Å². The molecule has 0 saturated carbocycles. The van der Waals surface area contributed by atoms with Crippen molar-refractivity contribution in [1.82, 2.24) is 4.31 Å². The van der Waals surface area contributed by atoms with E-state index in [2.05, 4.69) is 21.2 Å². The molecule has 10 heteroatoms. The Morgan fingerprint density at radius 2 is 1.64 bits per heavy atom. The SMILES string of the molecule is COc1ccc(C(=O)N2CCc3ccc(NC(=O)CN(Cc4ccc(Br)cc4)S(=O)(=O)c4ccc(C)cc4)cc32)cc1. The number of anilines is 2. The molecule has 216 valence electrons. The number of ether oxygens (including phenoxy) is 1. The fourth-order valence-electron chi connectivity index (χ4n) is 4.80. The van der Waals surface area contributed by atoms with Crippen molar-refractivity contribution in [2.24, 2.45) is 0 Å². The van der Waals surface area contributed by atoms with Gasteiger partial charge in [0.05, 0.1) is 18.6 Å². The first-order chi connectivity index (χ1) is 20.1. The van der Waals surface area contributed by atoms with Gasteiger partial charge in [0.15, 0.2) is 0 Å². The number of nitrogens with one attached hydrogen (secondary N) is 1. The maximum atomic E-state index is 13.6. The molecule has 4 aromatic carbocycles. The summed E-state index contributed by atoms with van der Waals surface area (Å²) < 4.78 is 34.5. The molecular weight excluding hydrogens is 618 g/mol. The number of sulfonamides is 1. The van der Waals surface area contributed by atoms with Crippen LogP contribution in [-0.4, -0.2) is 44.7 Å². The zero-order valence-corrected chi connectivity index (χ0v) is 25.6. The first kappa shape index (κ1) is 29.5. The molecule has 1 N–H and O–H groups in total. The predicted molar refractivity (Wildman–Crippen MR) is 166 cm³/mol. The minimum absolute atomic E-state index is 0.0191. The zero-order valence-electron chi connectivity index (χ0n) is 23.2. The minimum atomic E-state index is -3.98. The van der Waals surface area contributed by atoms with Crippen molar-refractivity contribution < 1.29 is 22.7 Å². The summed E-state index contributed by atoms with van der Waals surface area (Å²) in [5.74, 6) is 0.0236. The van der Waals surface area contributed by atoms with E-state index >= 15 is 0 Å². The van der Waals surface area contributed by atoms with Gasteiger partial charge < -0.3 is 15.0 Å². The van der Waals surface area contributed by atoms with Crippen LogP contribution in [-0.2, 0) is 27.8 Å². The third kappa shape index (κ3) is 6.56. The van der Waals surface area contributed by atoms with Gasteiger partial charge in [-0.1, -0.05) is 51.8 Å². The van der Waals surface area contributed by atoms with Crippen molar-refractivity contribution in [2.75, 3.05) is 30.4 Å². The normalized spacial score (nSPS) is 12.7. The summed E-state index contributed by atoms with van der Waals surface area (Å²) in [5.41, 5.74) is 4.39. The van der Waals surface area contributed by atoms with Crippen LogP contribution in [0.1, 0.15) is 27.0 Å². The largest absolute Gasteiger partial charge is 0.497 e. The van der Waals surface area contributed by atoms with E-state index in [1.54, 1.807) is 72.7 Å². The molecular formula is C32H30BrN3O5S. The number of carbonyl (C=O) groups is 2. The Balaban J connectivity index is 1.35. The van der Waals surface area contributed by atoms with Gasteiger partial charge in [0.25, 0.3) is 5.91 Å². The second-order valence-corrected chi connectivity index (χ2v) is 12.9. The van der Waals surface area contributed by atoms with Crippen molar-refractivity contribution >= 4 is 49.1 Å². The van der Waals surface area contributed by atoms with Crippen LogP contribution < -0.4 is 15.0 Å². The first-order valence-corrected chi connectivity index (χ1v) is 15.6. The van der Waals surface area contributed by atoms with E-state index in [0.717, 1.165) is 21.2 Å². The molecule has 0 unspecified atom stereocenters. The smallest absolute Gasteiger partial charge is 0.258 e. The van der Waals surface area contributed by atoms with Gasteiger partial charge in [-0.05, 0) is 85.1 Å². The average Bonchev–Trinajstić information content (AvgIpc) is 3.41. The molecule has 0 bridgehead atoms. The number of methoxy groups -OCH3 is 1. The molecule has 0 radical (unpaired) electrons. The molecule has 8 nitrogen and oxygen atoms in total. The second kappa shape index (κ2) is 12.5. The fourth-order valence-corrected chi connectivity index (χ4v) is 6.45. The standard InChI is InChI=1S/C32H30BrN3O5S/c1-22-3-15-29(16-4-22)42(39,40)35(20-23-5-10-26(33)11-6-23)21-31(37)34-27-12-7-24-17-18-36(30(24)19-27)32(38)25-8-13-28(41-2)14-9-25/h3-16,19H,17-18,20-21H2,1-2H3,(H,34,37). The van der Waals surface area contributed by atoms with Gasteiger partial charge in [0, 0.05) is 34.5 Å². The highest BCUT2D eigenvalue weighted by molar-refractivity contribution is 9.10. The molecule has 5 rings (SSSR count). The Morgan fingerprint density at radius 1 is 0.952 bits per heavy atom. The Morgan fingerprint density at radius 3 is 2.31 bits per heavy atom. The molecule has 1 aliphatic rings. The van der Waals surface area contributed by atoms with Crippen molar-refractivity contribution in [3.05, 3.63) is 118 Å². The number of halogens is 1. The Hall–Kier alpha value is -3.99. The van der Waals surface area contributed by atoms with Gasteiger partial charge >= 0.3 is 0 Å². The third-order valence-corrected chi connectivity index (χ3v) is 9.43. The summed E-state index contributed by atoms with van der Waals surface area (Å²) in [5, 5.41) is 2.84. The number of nitrogens with zero attached hydrogens (tertiary/aromatic N) is 2. The number of fused-ring (bicyclic) bond motifs is 1. The van der Waals surface area contributed by atoms with E-state index in [4.69, 9.17) is 4.74 Å². The van der Waals surface area contributed by atoms with Crippen molar-refractivity contribution in [3.8, 4) is 5.75 Å². The zero-order chi connectivity index (χ0) is 29.9. The number of carbonyl (C=O) groups excluding carboxylic acids is 2. The van der Waals surface area contributed by atoms with E-state index in [0.29, 0.717) is 35.7 Å². The van der Waals surface area contributed by atoms with Crippen LogP contribution in [0, 0.1) is 6.92 Å². The topological polar surface area (TPSA) is 96.0 Å². The van der Waals surface area contributed by atoms with Gasteiger partial charge in [0.1, 0.15) is 5.75 Å². The van der Waals surface area contributed by atoms with Gasteiger partial charge in [-0.15, -0.1) is 0 Å². The molecule has 0 atom stereocenters. The Bertz CT molecular complexity index is 1710. The molecule has 42 heavy (non-hydrogen) atoms. The fraction of sp³-hybridized carbons (Fsp3) is 0.188. The summed E-state index contributed by atoms with van der Waals surface area (Å²) in [4.78, 5) is 28.4. The van der Waals surface area contributed by atoms with E-state index < -0.39 is 22.5 Å². The number of hydrogen-bond acceptors (Lipinski definition) is 5. The number of rotatable bonds is 9. The molecule has 2 amide bonds. The monoisotopic (exact) mass is 647 g/mol. The first-order valence-electron chi connectivity index (χ1n) is 13.3. The van der Waals surface area contributed by atoms with E-state index in [-0.39, 0.29) is 17.3 Å². The molecule has 0 saturated heterocycles. The van der Waals surface area contributed by atoms with Crippen LogP contribution in [0.15, 0.2) is 100 Å². The van der Waals surface area contributed by atoms with Crippen molar-refractivity contribution in [1.29, 1.82) is 0 Å². The predicted octanol–water partition coefficient (Wildman–Crippen LogP) is 5.80. The van der Waals surface area contributed by atoms with Gasteiger partial charge in [0.2, 0.25) is 15.9 Å². The number of benzene rings is 4. The highest BCUT2D eigenvalue weighted by Gasteiger charge is 2.29. The second-order valence-electron chi connectivity index (χ2n) is 10.0. The van der Waals surface area contributed by atoms with E-state index in [1.165, 1.54) is 4.31 Å². The molecule has 1 heterocycles. The maximum Gasteiger partial charge on any atom is 0.258 e. The summed E-state index contributed by atoms with van der Waals surface area (Å²) in [6.45, 7) is 2.03. The summed E-state index contributed by atoms with van der Waals surface area (Å²) in [6.07, 6.45) is 0.696. The van der Waals surface area contributed by atoms with Crippen LogP contribution in [0.3, 0.4) is 0 Å². The molecule has 4 aromatic rings. The average molecular weight is 649 g/mol. The van der Waals surface area contributed by atoms with Gasteiger partial charge in [-0.25, -0.2) is 8.42 Å². The van der Waals surface area contributed by atoms with Crippen LogP contribution in [0.25, 0.3) is 0 Å². The molecule has 0 spiro atoms. The van der Waals surface area contributed by atoms with Gasteiger partial charge in [-0.2, -0.15) is 4.31 Å². The lowest BCUT2D eigenvalue weighted by molar-refractivity contribution is -0.116. The van der Waals surface area contributed by atoms with Crippen LogP contribution in [0.2, 0.25) is 0 Å². The number of aryl methyl sites for hydroxylation is 1. The Labute approximate surface area is 254 Å². The van der Waals surface area contributed by atoms with Crippen LogP contribution in [0.4, 0.5) is 11.4 Å². The minimum Gasteiger partial charge on any atom is -0.497 e. The highest BCUT2D eigenvalue weighted by Crippen LogP contribution is 2.32. The van der Waals surface area contributed by atoms with E-state index in [1.807, 2.05) is 37.3 Å². The summed E-state index contributed by atoms with van der Waals surface area (Å²) in [6, 6.07) is 26.2. The number of amides is 2. The summed E-state index contributed by atoms with van der Waals surface area (Å²) >= 11 is 3.40. The lowest BCUT2D eigenvalue weighted by Gasteiger charge is -2.22. The van der Waals surface area contributed by atoms with Crippen molar-refractivity contribution in [3.63, 3.8) is 0 Å². The summed E-state index contributed by atoms with van der Waals surface area (Å²) in [7, 11) is -2.41. The molecule has 1 aliphatic heterocycles. The quantitative estimate of drug-likeness (QED) is 0.248. The maximum absolute atomic E-state index is 13.6. The lowest BCUT2D eigenvalue weighted by Crippen LogP contribution is -2.37. The molecule has 0 aromatic heterocycles. The number of hydrogen-bond donors (Lipinski definition) is 1. The molecule has 0 fully saturated rings. The highest BCUT2D eigenvalue weighted by atomic mass is 79.9. The molecule has 0 aliphatic carbocycles. The Kier molecular flexibility index (Phi) is 8.77. The lowest BCUT2D eigenvalue weighted by atomic mass is 10.1. The van der Waals surface area contributed by atoms with Crippen LogP contribution >= 0.6 is 15.9 Å². The third-order valence-electron chi connectivity index (χ3n) is 7.10.